The third kappa shape index (κ3) is 2.42. The smallest absolute Gasteiger partial charge is 0.282 e. The highest BCUT2D eigenvalue weighted by atomic mass is 16.9. The van der Waals surface area contributed by atoms with E-state index in [0.717, 1.165) is 13.0 Å². The summed E-state index contributed by atoms with van der Waals surface area (Å²) in [6.45, 7) is 0.854. The van der Waals surface area contributed by atoms with Gasteiger partial charge in [0.05, 0.1) is 12.7 Å². The molecule has 0 aliphatic carbocycles. The summed E-state index contributed by atoms with van der Waals surface area (Å²) in [6, 6.07) is 0. The maximum atomic E-state index is 5.11. The predicted octanol–water partition coefficient (Wildman–Crippen LogP) is 0.758. The number of methoxy groups -OCH3 is 3. The van der Waals surface area contributed by atoms with Crippen LogP contribution in [0.1, 0.15) is 12.8 Å². The van der Waals surface area contributed by atoms with E-state index < -0.39 is 5.97 Å². The zero-order valence-corrected chi connectivity index (χ0v) is 7.83. The van der Waals surface area contributed by atoms with Gasteiger partial charge >= 0.3 is 0 Å². The molecule has 0 bridgehead atoms. The highest BCUT2D eigenvalue weighted by Gasteiger charge is 2.33. The lowest BCUT2D eigenvalue weighted by Gasteiger charge is -2.28. The first-order chi connectivity index (χ1) is 5.76. The van der Waals surface area contributed by atoms with E-state index in [1.807, 2.05) is 0 Å². The summed E-state index contributed by atoms with van der Waals surface area (Å²) in [5.74, 6) is -0.883. The van der Waals surface area contributed by atoms with Crippen molar-refractivity contribution in [2.75, 3.05) is 27.9 Å². The number of hydrogen-bond acceptors (Lipinski definition) is 4. The van der Waals surface area contributed by atoms with Gasteiger partial charge in [-0.05, 0) is 6.42 Å². The van der Waals surface area contributed by atoms with E-state index >= 15 is 0 Å². The van der Waals surface area contributed by atoms with Crippen LogP contribution in [-0.4, -0.2) is 40.0 Å². The lowest BCUT2D eigenvalue weighted by molar-refractivity contribution is -0.355. The van der Waals surface area contributed by atoms with Crippen molar-refractivity contribution in [3.63, 3.8) is 0 Å². The molecule has 0 aromatic heterocycles. The van der Waals surface area contributed by atoms with Gasteiger partial charge in [-0.25, -0.2) is 0 Å². The monoisotopic (exact) mass is 176 g/mol. The summed E-state index contributed by atoms with van der Waals surface area (Å²) in [4.78, 5) is 0. The maximum absolute atomic E-state index is 5.11. The zero-order chi connectivity index (χ0) is 9.03. The number of rotatable bonds is 6. The fourth-order valence-electron chi connectivity index (χ4n) is 1.13. The number of ether oxygens (including phenoxy) is 4. The molecular weight excluding hydrogens is 160 g/mol. The lowest BCUT2D eigenvalue weighted by atomic mass is 10.2. The van der Waals surface area contributed by atoms with E-state index in [-0.39, 0.29) is 0 Å². The molecular formula is C8H16O4. The van der Waals surface area contributed by atoms with Crippen molar-refractivity contribution < 1.29 is 18.9 Å². The van der Waals surface area contributed by atoms with Gasteiger partial charge in [0.1, 0.15) is 0 Å². The Morgan fingerprint density at radius 2 is 1.75 bits per heavy atom. The second-order valence-corrected chi connectivity index (χ2v) is 2.79. The molecule has 0 N–H and O–H groups in total. The summed E-state index contributed by atoms with van der Waals surface area (Å²) >= 11 is 0. The minimum absolute atomic E-state index is 0.379. The van der Waals surface area contributed by atoms with Crippen molar-refractivity contribution in [3.8, 4) is 0 Å². The van der Waals surface area contributed by atoms with Crippen LogP contribution in [0.3, 0.4) is 0 Å². The molecule has 0 spiro atoms. The van der Waals surface area contributed by atoms with Gasteiger partial charge in [-0.15, -0.1) is 0 Å². The van der Waals surface area contributed by atoms with Crippen LogP contribution in [0.15, 0.2) is 0 Å². The Hall–Kier alpha value is -0.160. The Balaban J connectivity index is 2.28. The van der Waals surface area contributed by atoms with Crippen LogP contribution >= 0.6 is 0 Å². The average Bonchev–Trinajstić information content (AvgIpc) is 2.92. The molecule has 4 nitrogen and oxygen atoms in total. The molecule has 72 valence electrons. The van der Waals surface area contributed by atoms with Crippen LogP contribution in [0, 0.1) is 0 Å². The molecule has 0 saturated carbocycles. The number of hydrogen-bond donors (Lipinski definition) is 0. The van der Waals surface area contributed by atoms with E-state index in [9.17, 15) is 0 Å². The largest absolute Gasteiger partial charge is 0.373 e. The lowest BCUT2D eigenvalue weighted by Crippen LogP contribution is -2.36. The quantitative estimate of drug-likeness (QED) is 0.442. The molecule has 1 aliphatic rings. The van der Waals surface area contributed by atoms with Crippen molar-refractivity contribution >= 4 is 0 Å². The fourth-order valence-corrected chi connectivity index (χ4v) is 1.13. The zero-order valence-electron chi connectivity index (χ0n) is 7.83. The first-order valence-corrected chi connectivity index (χ1v) is 4.03. The van der Waals surface area contributed by atoms with Gasteiger partial charge in [-0.2, -0.15) is 0 Å². The molecule has 0 aromatic rings. The van der Waals surface area contributed by atoms with Crippen LogP contribution in [0.4, 0.5) is 0 Å². The van der Waals surface area contributed by atoms with E-state index in [0.29, 0.717) is 12.5 Å². The van der Waals surface area contributed by atoms with Gasteiger partial charge in [0.15, 0.2) is 0 Å². The van der Waals surface area contributed by atoms with Gasteiger partial charge in [0, 0.05) is 27.8 Å². The maximum Gasteiger partial charge on any atom is 0.282 e. The minimum atomic E-state index is -0.883. The second kappa shape index (κ2) is 4.18. The standard InChI is InChI=1S/C8H16O4/c1-9-8(10-2,11-3)5-4-7-6-12-7/h7H,4-6H2,1-3H3. The molecule has 0 amide bonds. The molecule has 4 heteroatoms. The van der Waals surface area contributed by atoms with Crippen LogP contribution < -0.4 is 0 Å². The van der Waals surface area contributed by atoms with Crippen molar-refractivity contribution in [2.24, 2.45) is 0 Å². The van der Waals surface area contributed by atoms with E-state index in [4.69, 9.17) is 18.9 Å². The summed E-state index contributed by atoms with van der Waals surface area (Å²) in [5, 5.41) is 0. The molecule has 0 aromatic carbocycles. The Labute approximate surface area is 72.7 Å². The molecule has 0 radical (unpaired) electrons. The Kier molecular flexibility index (Phi) is 3.46. The normalized spacial score (nSPS) is 22.8. The Morgan fingerprint density at radius 3 is 2.08 bits per heavy atom. The third-order valence-electron chi connectivity index (χ3n) is 2.11. The third-order valence-corrected chi connectivity index (χ3v) is 2.11. The molecule has 1 heterocycles. The van der Waals surface area contributed by atoms with Crippen molar-refractivity contribution in [3.05, 3.63) is 0 Å². The molecule has 1 fully saturated rings. The molecule has 1 atom stereocenters. The first kappa shape index (κ1) is 9.92. The average molecular weight is 176 g/mol. The van der Waals surface area contributed by atoms with Gasteiger partial charge in [0.2, 0.25) is 0 Å². The fraction of sp³-hybridized carbons (Fsp3) is 1.00. The number of epoxide rings is 1. The molecule has 1 aliphatic heterocycles. The van der Waals surface area contributed by atoms with Gasteiger partial charge < -0.3 is 18.9 Å². The SMILES string of the molecule is COC(CCC1CO1)(OC)OC. The van der Waals surface area contributed by atoms with Crippen molar-refractivity contribution in [1.29, 1.82) is 0 Å². The van der Waals surface area contributed by atoms with Gasteiger partial charge in [0.25, 0.3) is 5.97 Å². The topological polar surface area (TPSA) is 40.2 Å². The molecule has 1 rings (SSSR count). The van der Waals surface area contributed by atoms with Crippen LogP contribution in [0.2, 0.25) is 0 Å². The molecule has 12 heavy (non-hydrogen) atoms. The van der Waals surface area contributed by atoms with Crippen molar-refractivity contribution in [1.82, 2.24) is 0 Å². The van der Waals surface area contributed by atoms with E-state index in [1.165, 1.54) is 0 Å². The second-order valence-electron chi connectivity index (χ2n) is 2.79. The predicted molar refractivity (Wildman–Crippen MR) is 42.7 cm³/mol. The van der Waals surface area contributed by atoms with Crippen LogP contribution in [-0.2, 0) is 18.9 Å². The van der Waals surface area contributed by atoms with E-state index in [1.54, 1.807) is 21.3 Å². The summed E-state index contributed by atoms with van der Waals surface area (Å²) in [6.07, 6.45) is 1.99. The highest BCUT2D eigenvalue weighted by Crippen LogP contribution is 2.24. The Bertz CT molecular complexity index is 121. The van der Waals surface area contributed by atoms with Crippen LogP contribution in [0.25, 0.3) is 0 Å². The molecule has 1 unspecified atom stereocenters. The van der Waals surface area contributed by atoms with E-state index in [2.05, 4.69) is 0 Å². The van der Waals surface area contributed by atoms with Gasteiger partial charge in [-0.3, -0.25) is 0 Å². The summed E-state index contributed by atoms with van der Waals surface area (Å²) in [5.41, 5.74) is 0. The van der Waals surface area contributed by atoms with Crippen LogP contribution in [0.5, 0.6) is 0 Å². The molecule has 1 saturated heterocycles. The first-order valence-electron chi connectivity index (χ1n) is 4.03. The summed E-state index contributed by atoms with van der Waals surface area (Å²) < 4.78 is 20.4. The van der Waals surface area contributed by atoms with Crippen molar-refractivity contribution in [2.45, 2.75) is 24.9 Å². The summed E-state index contributed by atoms with van der Waals surface area (Å²) in [7, 11) is 4.71. The highest BCUT2D eigenvalue weighted by molar-refractivity contribution is 4.71. The van der Waals surface area contributed by atoms with Gasteiger partial charge in [-0.1, -0.05) is 0 Å². The minimum Gasteiger partial charge on any atom is -0.373 e. The Morgan fingerprint density at radius 1 is 1.25 bits per heavy atom.